The van der Waals surface area contributed by atoms with E-state index in [-0.39, 0.29) is 11.4 Å². The van der Waals surface area contributed by atoms with E-state index in [1.54, 1.807) is 18.2 Å². The van der Waals surface area contributed by atoms with Crippen LogP contribution in [-0.2, 0) is 10.0 Å². The third kappa shape index (κ3) is 3.12. The molecule has 1 aliphatic heterocycles. The second kappa shape index (κ2) is 6.57. The van der Waals surface area contributed by atoms with Gasteiger partial charge in [-0.3, -0.25) is 0 Å². The molecule has 0 spiro atoms. The minimum absolute atomic E-state index is 0.257. The Bertz CT molecular complexity index is 813. The van der Waals surface area contributed by atoms with E-state index in [0.717, 1.165) is 6.07 Å². The van der Waals surface area contributed by atoms with Gasteiger partial charge in [0, 0.05) is 24.7 Å². The molecule has 0 radical (unpaired) electrons. The summed E-state index contributed by atoms with van der Waals surface area (Å²) in [5, 5.41) is 3.67. The fourth-order valence-electron chi connectivity index (χ4n) is 2.76. The summed E-state index contributed by atoms with van der Waals surface area (Å²) in [7, 11) is -3.95. The standard InChI is InChI=1S/C16H16ClFN2O2S/c17-13-6-2-1-5-12(13)15-11-19-9-10-20(15)23(21,22)16-8-4-3-7-14(16)18/h1-8,15,19H,9-11H2. The van der Waals surface area contributed by atoms with Crippen molar-refractivity contribution in [1.82, 2.24) is 9.62 Å². The van der Waals surface area contributed by atoms with Crippen LogP contribution < -0.4 is 5.32 Å². The van der Waals surface area contributed by atoms with E-state index in [9.17, 15) is 12.8 Å². The fourth-order valence-corrected chi connectivity index (χ4v) is 4.70. The maximum Gasteiger partial charge on any atom is 0.246 e. The first-order valence-corrected chi connectivity index (χ1v) is 9.05. The Morgan fingerprint density at radius 3 is 2.57 bits per heavy atom. The molecule has 1 N–H and O–H groups in total. The molecule has 1 heterocycles. The van der Waals surface area contributed by atoms with E-state index < -0.39 is 21.9 Å². The molecule has 2 aromatic carbocycles. The summed E-state index contributed by atoms with van der Waals surface area (Å²) < 4.78 is 41.2. The minimum atomic E-state index is -3.95. The molecule has 1 aliphatic rings. The summed E-state index contributed by atoms with van der Waals surface area (Å²) >= 11 is 6.23. The van der Waals surface area contributed by atoms with Crippen LogP contribution in [0.15, 0.2) is 53.4 Å². The predicted octanol–water partition coefficient (Wildman–Crippen LogP) is 2.81. The van der Waals surface area contributed by atoms with Gasteiger partial charge in [0.2, 0.25) is 10.0 Å². The van der Waals surface area contributed by atoms with Gasteiger partial charge in [-0.05, 0) is 23.8 Å². The number of hydrogen-bond donors (Lipinski definition) is 1. The van der Waals surface area contributed by atoms with Crippen molar-refractivity contribution >= 4 is 21.6 Å². The molecular formula is C16H16ClFN2O2S. The van der Waals surface area contributed by atoms with Crippen LogP contribution in [0.25, 0.3) is 0 Å². The zero-order chi connectivity index (χ0) is 16.4. The summed E-state index contributed by atoms with van der Waals surface area (Å²) in [5.41, 5.74) is 0.710. The first-order valence-electron chi connectivity index (χ1n) is 7.23. The predicted molar refractivity (Wildman–Crippen MR) is 87.4 cm³/mol. The Balaban J connectivity index is 2.06. The van der Waals surface area contributed by atoms with Crippen molar-refractivity contribution < 1.29 is 12.8 Å². The van der Waals surface area contributed by atoms with Crippen molar-refractivity contribution in [2.24, 2.45) is 0 Å². The maximum absolute atomic E-state index is 14.0. The lowest BCUT2D eigenvalue weighted by Crippen LogP contribution is -2.48. The molecule has 1 atom stereocenters. The number of sulfonamides is 1. The second-order valence-electron chi connectivity index (χ2n) is 5.29. The number of nitrogens with one attached hydrogen (secondary N) is 1. The van der Waals surface area contributed by atoms with Gasteiger partial charge in [-0.15, -0.1) is 0 Å². The quantitative estimate of drug-likeness (QED) is 0.922. The van der Waals surface area contributed by atoms with E-state index in [1.165, 1.54) is 22.5 Å². The van der Waals surface area contributed by atoms with Gasteiger partial charge in [0.25, 0.3) is 0 Å². The van der Waals surface area contributed by atoms with Crippen molar-refractivity contribution in [3.05, 3.63) is 64.9 Å². The first kappa shape index (κ1) is 16.4. The van der Waals surface area contributed by atoms with Crippen molar-refractivity contribution in [2.45, 2.75) is 10.9 Å². The van der Waals surface area contributed by atoms with Crippen molar-refractivity contribution in [3.8, 4) is 0 Å². The van der Waals surface area contributed by atoms with Crippen LogP contribution in [0.2, 0.25) is 5.02 Å². The lowest BCUT2D eigenvalue weighted by Gasteiger charge is -2.35. The molecule has 0 bridgehead atoms. The van der Waals surface area contributed by atoms with Crippen LogP contribution in [0.5, 0.6) is 0 Å². The Morgan fingerprint density at radius 1 is 1.13 bits per heavy atom. The number of piperazine rings is 1. The van der Waals surface area contributed by atoms with Gasteiger partial charge in [0.05, 0.1) is 6.04 Å². The van der Waals surface area contributed by atoms with Crippen LogP contribution in [-0.4, -0.2) is 32.4 Å². The Morgan fingerprint density at radius 2 is 1.83 bits per heavy atom. The SMILES string of the molecule is O=S(=O)(c1ccccc1F)N1CCNCC1c1ccccc1Cl. The van der Waals surface area contributed by atoms with Crippen LogP contribution in [0, 0.1) is 5.82 Å². The molecule has 7 heteroatoms. The lowest BCUT2D eigenvalue weighted by molar-refractivity contribution is 0.270. The Labute approximate surface area is 139 Å². The fraction of sp³-hybridized carbons (Fsp3) is 0.250. The largest absolute Gasteiger partial charge is 0.313 e. The number of nitrogens with zero attached hydrogens (tertiary/aromatic N) is 1. The monoisotopic (exact) mass is 354 g/mol. The van der Waals surface area contributed by atoms with Gasteiger partial charge < -0.3 is 5.32 Å². The second-order valence-corrected chi connectivity index (χ2v) is 7.55. The minimum Gasteiger partial charge on any atom is -0.313 e. The Hall–Kier alpha value is -1.47. The van der Waals surface area contributed by atoms with E-state index in [0.29, 0.717) is 23.7 Å². The van der Waals surface area contributed by atoms with Gasteiger partial charge in [0.1, 0.15) is 10.7 Å². The summed E-state index contributed by atoms with van der Waals surface area (Å²) in [4.78, 5) is -0.307. The molecule has 23 heavy (non-hydrogen) atoms. The smallest absolute Gasteiger partial charge is 0.246 e. The molecule has 1 fully saturated rings. The molecule has 0 saturated carbocycles. The number of rotatable bonds is 3. The average molecular weight is 355 g/mol. The molecule has 122 valence electrons. The summed E-state index contributed by atoms with van der Waals surface area (Å²) in [6.45, 7) is 1.19. The van der Waals surface area contributed by atoms with Gasteiger partial charge in [-0.25, -0.2) is 12.8 Å². The van der Waals surface area contributed by atoms with Gasteiger partial charge in [-0.2, -0.15) is 4.31 Å². The molecule has 0 aliphatic carbocycles. The van der Waals surface area contributed by atoms with Crippen LogP contribution in [0.4, 0.5) is 4.39 Å². The molecule has 2 aromatic rings. The normalized spacial score (nSPS) is 19.7. The summed E-state index contributed by atoms with van der Waals surface area (Å²) in [5.74, 6) is -0.746. The van der Waals surface area contributed by atoms with Crippen LogP contribution in [0.3, 0.4) is 0 Å². The van der Waals surface area contributed by atoms with Crippen molar-refractivity contribution in [2.75, 3.05) is 19.6 Å². The van der Waals surface area contributed by atoms with Crippen LogP contribution in [0.1, 0.15) is 11.6 Å². The maximum atomic E-state index is 14.0. The van der Waals surface area contributed by atoms with Gasteiger partial charge in [-0.1, -0.05) is 41.9 Å². The molecule has 4 nitrogen and oxygen atoms in total. The van der Waals surface area contributed by atoms with Crippen LogP contribution >= 0.6 is 11.6 Å². The number of benzene rings is 2. The average Bonchev–Trinajstić information content (AvgIpc) is 2.55. The van der Waals surface area contributed by atoms with E-state index >= 15 is 0 Å². The van der Waals surface area contributed by atoms with E-state index in [1.807, 2.05) is 6.07 Å². The topological polar surface area (TPSA) is 49.4 Å². The highest BCUT2D eigenvalue weighted by Gasteiger charge is 2.36. The van der Waals surface area contributed by atoms with Gasteiger partial charge >= 0.3 is 0 Å². The zero-order valence-electron chi connectivity index (χ0n) is 12.2. The highest BCUT2D eigenvalue weighted by atomic mass is 35.5. The zero-order valence-corrected chi connectivity index (χ0v) is 13.8. The molecule has 1 saturated heterocycles. The summed E-state index contributed by atoms with van der Waals surface area (Å²) in [6.07, 6.45) is 0. The third-order valence-electron chi connectivity index (χ3n) is 3.88. The Kier molecular flexibility index (Phi) is 4.68. The molecular weight excluding hydrogens is 339 g/mol. The molecule has 0 aromatic heterocycles. The van der Waals surface area contributed by atoms with Crippen molar-refractivity contribution in [1.29, 1.82) is 0 Å². The van der Waals surface area contributed by atoms with E-state index in [4.69, 9.17) is 11.6 Å². The highest BCUT2D eigenvalue weighted by Crippen LogP contribution is 2.33. The number of halogens is 2. The van der Waals surface area contributed by atoms with Crippen molar-refractivity contribution in [3.63, 3.8) is 0 Å². The lowest BCUT2D eigenvalue weighted by atomic mass is 10.1. The van der Waals surface area contributed by atoms with Gasteiger partial charge in [0.15, 0.2) is 0 Å². The third-order valence-corrected chi connectivity index (χ3v) is 6.17. The molecule has 0 amide bonds. The number of hydrogen-bond acceptors (Lipinski definition) is 3. The summed E-state index contributed by atoms with van der Waals surface area (Å²) in [6, 6.07) is 12.1. The van der Waals surface area contributed by atoms with E-state index in [2.05, 4.69) is 5.32 Å². The highest BCUT2D eigenvalue weighted by molar-refractivity contribution is 7.89. The first-order chi connectivity index (χ1) is 11.0. The molecule has 3 rings (SSSR count). The molecule has 1 unspecified atom stereocenters.